The molecule has 2 N–H and O–H groups in total. The van der Waals surface area contributed by atoms with Crippen molar-refractivity contribution in [3.05, 3.63) is 30.1 Å². The van der Waals surface area contributed by atoms with Crippen LogP contribution in [0.1, 0.15) is 12.8 Å². The molecule has 1 fully saturated rings. The number of rotatable bonds is 4. The number of benzene rings is 1. The minimum atomic E-state index is -2.86. The third-order valence-corrected chi connectivity index (χ3v) is 5.18. The van der Waals surface area contributed by atoms with E-state index in [4.69, 9.17) is 10.5 Å². The lowest BCUT2D eigenvalue weighted by Gasteiger charge is -2.27. The van der Waals surface area contributed by atoms with Crippen molar-refractivity contribution in [3.8, 4) is 5.75 Å². The molecule has 0 aromatic heterocycles. The van der Waals surface area contributed by atoms with Gasteiger partial charge in [0.25, 0.3) is 0 Å². The van der Waals surface area contributed by atoms with E-state index in [0.717, 1.165) is 0 Å². The Hall–Kier alpha value is -1.14. The number of sulfone groups is 1. The average Bonchev–Trinajstić information content (AvgIpc) is 2.37. The molecule has 1 aromatic rings. The lowest BCUT2D eigenvalue weighted by atomic mass is 9.95. The van der Waals surface area contributed by atoms with Gasteiger partial charge in [0.05, 0.1) is 11.5 Å². The molecule has 2 rings (SSSR count). The number of hydrogen-bond acceptors (Lipinski definition) is 4. The quantitative estimate of drug-likeness (QED) is 0.907. The summed E-state index contributed by atoms with van der Waals surface area (Å²) in [4.78, 5) is 0. The Morgan fingerprint density at radius 2 is 1.84 bits per heavy atom. The van der Waals surface area contributed by atoms with Crippen molar-refractivity contribution < 1.29 is 17.5 Å². The number of hydrogen-bond donors (Lipinski definition) is 1. The van der Waals surface area contributed by atoms with E-state index < -0.39 is 9.84 Å². The minimum absolute atomic E-state index is 0.170. The van der Waals surface area contributed by atoms with Crippen molar-refractivity contribution in [2.45, 2.75) is 18.9 Å². The van der Waals surface area contributed by atoms with Gasteiger partial charge in [-0.25, -0.2) is 12.8 Å². The number of nitrogens with two attached hydrogens (primary N) is 1. The second-order valence-corrected chi connectivity index (χ2v) is 7.22. The van der Waals surface area contributed by atoms with Crippen LogP contribution in [0.4, 0.5) is 4.39 Å². The van der Waals surface area contributed by atoms with Crippen LogP contribution in [0, 0.1) is 11.7 Å². The van der Waals surface area contributed by atoms with Crippen LogP contribution in [-0.4, -0.2) is 32.6 Å². The second-order valence-electron chi connectivity index (χ2n) is 4.92. The summed E-state index contributed by atoms with van der Waals surface area (Å²) < 4.78 is 40.8. The number of ether oxygens (including phenoxy) is 1. The lowest BCUT2D eigenvalue weighted by Crippen LogP contribution is -2.40. The Labute approximate surface area is 112 Å². The fourth-order valence-electron chi connectivity index (χ4n) is 2.20. The van der Waals surface area contributed by atoms with Crippen LogP contribution < -0.4 is 10.5 Å². The van der Waals surface area contributed by atoms with Crippen molar-refractivity contribution in [2.24, 2.45) is 11.7 Å². The van der Waals surface area contributed by atoms with Gasteiger partial charge >= 0.3 is 0 Å². The lowest BCUT2D eigenvalue weighted by molar-refractivity contribution is 0.237. The third-order valence-electron chi connectivity index (χ3n) is 3.46. The van der Waals surface area contributed by atoms with Crippen LogP contribution in [0.5, 0.6) is 5.75 Å². The molecule has 6 heteroatoms. The van der Waals surface area contributed by atoms with Crippen molar-refractivity contribution in [2.75, 3.05) is 18.1 Å². The molecule has 0 radical (unpaired) electrons. The zero-order chi connectivity index (χ0) is 13.9. The summed E-state index contributed by atoms with van der Waals surface area (Å²) in [5, 5.41) is 0. The highest BCUT2D eigenvalue weighted by atomic mass is 32.2. The monoisotopic (exact) mass is 287 g/mol. The predicted octanol–water partition coefficient (Wildman–Crippen LogP) is 1.36. The fraction of sp³-hybridized carbons (Fsp3) is 0.538. The van der Waals surface area contributed by atoms with Crippen LogP contribution in [-0.2, 0) is 9.84 Å². The van der Waals surface area contributed by atoms with E-state index in [1.54, 1.807) is 12.1 Å². The molecule has 0 aliphatic carbocycles. The SMILES string of the molecule is NC(COc1ccc(F)cc1)C1CCS(=O)(=O)CC1. The molecule has 0 saturated carbocycles. The maximum absolute atomic E-state index is 12.7. The molecule has 0 amide bonds. The molecule has 1 aromatic carbocycles. The van der Waals surface area contributed by atoms with Crippen LogP contribution in [0.25, 0.3) is 0 Å². The van der Waals surface area contributed by atoms with Gasteiger partial charge in [0.1, 0.15) is 28.0 Å². The molecule has 1 aliphatic heterocycles. The molecule has 19 heavy (non-hydrogen) atoms. The van der Waals surface area contributed by atoms with Gasteiger partial charge in [0, 0.05) is 6.04 Å². The van der Waals surface area contributed by atoms with Gasteiger partial charge < -0.3 is 10.5 Å². The Balaban J connectivity index is 1.81. The van der Waals surface area contributed by atoms with Gasteiger partial charge in [0.2, 0.25) is 0 Å². The highest BCUT2D eigenvalue weighted by molar-refractivity contribution is 7.91. The Kier molecular flexibility index (Phi) is 4.42. The molecule has 1 heterocycles. The topological polar surface area (TPSA) is 69.4 Å². The summed E-state index contributed by atoms with van der Waals surface area (Å²) >= 11 is 0. The van der Waals surface area contributed by atoms with E-state index in [1.807, 2.05) is 0 Å². The van der Waals surface area contributed by atoms with Gasteiger partial charge in [-0.05, 0) is 43.0 Å². The highest BCUT2D eigenvalue weighted by Gasteiger charge is 2.27. The molecule has 0 bridgehead atoms. The molecular weight excluding hydrogens is 269 g/mol. The third kappa shape index (κ3) is 4.18. The van der Waals surface area contributed by atoms with Crippen molar-refractivity contribution in [1.82, 2.24) is 0 Å². The largest absolute Gasteiger partial charge is 0.492 e. The van der Waals surface area contributed by atoms with E-state index in [0.29, 0.717) is 25.2 Å². The standard InChI is InChI=1S/C13H18FNO3S/c14-11-1-3-12(4-2-11)18-9-13(15)10-5-7-19(16,17)8-6-10/h1-4,10,13H,5-9,15H2. The minimum Gasteiger partial charge on any atom is -0.492 e. The van der Waals surface area contributed by atoms with E-state index in [9.17, 15) is 12.8 Å². The second kappa shape index (κ2) is 5.88. The molecule has 4 nitrogen and oxygen atoms in total. The first-order valence-electron chi connectivity index (χ1n) is 6.31. The maximum atomic E-state index is 12.7. The zero-order valence-corrected chi connectivity index (χ0v) is 11.4. The summed E-state index contributed by atoms with van der Waals surface area (Å²) in [6.07, 6.45) is 1.19. The molecule has 1 aliphatic rings. The summed E-state index contributed by atoms with van der Waals surface area (Å²) in [6, 6.07) is 5.56. The molecule has 0 spiro atoms. The van der Waals surface area contributed by atoms with E-state index in [2.05, 4.69) is 0 Å². The first-order chi connectivity index (χ1) is 8.96. The van der Waals surface area contributed by atoms with Gasteiger partial charge in [0.15, 0.2) is 0 Å². The molecule has 1 unspecified atom stereocenters. The van der Waals surface area contributed by atoms with E-state index >= 15 is 0 Å². The van der Waals surface area contributed by atoms with Crippen LogP contribution in [0.2, 0.25) is 0 Å². The van der Waals surface area contributed by atoms with Gasteiger partial charge in [-0.15, -0.1) is 0 Å². The Morgan fingerprint density at radius 1 is 1.26 bits per heavy atom. The van der Waals surface area contributed by atoms with E-state index in [-0.39, 0.29) is 29.3 Å². The Bertz CT molecular complexity index is 501. The van der Waals surface area contributed by atoms with E-state index in [1.165, 1.54) is 12.1 Å². The fourth-order valence-corrected chi connectivity index (χ4v) is 3.72. The average molecular weight is 287 g/mol. The smallest absolute Gasteiger partial charge is 0.150 e. The van der Waals surface area contributed by atoms with Crippen molar-refractivity contribution in [3.63, 3.8) is 0 Å². The van der Waals surface area contributed by atoms with Gasteiger partial charge in [-0.3, -0.25) is 0 Å². The van der Waals surface area contributed by atoms with Gasteiger partial charge in [-0.2, -0.15) is 0 Å². The summed E-state index contributed by atoms with van der Waals surface area (Å²) in [6.45, 7) is 0.316. The summed E-state index contributed by atoms with van der Waals surface area (Å²) in [5.74, 6) is 0.850. The molecular formula is C13H18FNO3S. The number of halogens is 1. The zero-order valence-electron chi connectivity index (χ0n) is 10.6. The normalized spacial score (nSPS) is 20.9. The van der Waals surface area contributed by atoms with Crippen LogP contribution in [0.3, 0.4) is 0 Å². The first-order valence-corrected chi connectivity index (χ1v) is 8.13. The Morgan fingerprint density at radius 3 is 2.42 bits per heavy atom. The predicted molar refractivity (Wildman–Crippen MR) is 71.2 cm³/mol. The van der Waals surface area contributed by atoms with Gasteiger partial charge in [-0.1, -0.05) is 0 Å². The summed E-state index contributed by atoms with van der Waals surface area (Å²) in [5.41, 5.74) is 6.02. The molecule has 1 atom stereocenters. The maximum Gasteiger partial charge on any atom is 0.150 e. The van der Waals surface area contributed by atoms with Crippen molar-refractivity contribution in [1.29, 1.82) is 0 Å². The first kappa shape index (κ1) is 14.3. The van der Waals surface area contributed by atoms with Crippen LogP contribution in [0.15, 0.2) is 24.3 Å². The highest BCUT2D eigenvalue weighted by Crippen LogP contribution is 2.22. The van der Waals surface area contributed by atoms with Crippen molar-refractivity contribution >= 4 is 9.84 Å². The van der Waals surface area contributed by atoms with Crippen LogP contribution >= 0.6 is 0 Å². The molecule has 106 valence electrons. The summed E-state index contributed by atoms with van der Waals surface area (Å²) in [7, 11) is -2.86. The molecule has 1 saturated heterocycles.